The number of likely N-dealkylation sites (N-methyl/N-ethyl adjacent to an activating group) is 1. The first-order valence-corrected chi connectivity index (χ1v) is 8.00. The molecule has 0 radical (unpaired) electrons. The predicted octanol–water partition coefficient (Wildman–Crippen LogP) is 1.94. The molecule has 1 aliphatic rings. The Hall–Kier alpha value is -1.55. The molecule has 2 rings (SSSR count). The van der Waals surface area contributed by atoms with Crippen LogP contribution in [0.1, 0.15) is 25.3 Å². The van der Waals surface area contributed by atoms with Crippen molar-refractivity contribution >= 4 is 11.6 Å². The molecule has 0 saturated carbocycles. The van der Waals surface area contributed by atoms with E-state index in [9.17, 15) is 4.79 Å². The van der Waals surface area contributed by atoms with E-state index in [0.29, 0.717) is 6.54 Å². The average molecular weight is 289 g/mol. The molecule has 4 heteroatoms. The highest BCUT2D eigenvalue weighted by Gasteiger charge is 2.20. The Bertz CT molecular complexity index is 455. The normalized spacial score (nSPS) is 18.3. The van der Waals surface area contributed by atoms with Gasteiger partial charge in [-0.1, -0.05) is 12.1 Å². The zero-order valence-electron chi connectivity index (χ0n) is 13.2. The maximum absolute atomic E-state index is 12.1. The first kappa shape index (κ1) is 15.8. The maximum Gasteiger partial charge on any atom is 0.224 e. The third kappa shape index (κ3) is 4.74. The number of piperidine rings is 1. The number of carbonyl (C=O) groups excluding carboxylic acids is 1. The molecule has 1 heterocycles. The molecule has 116 valence electrons. The highest BCUT2D eigenvalue weighted by atomic mass is 16.1. The lowest BCUT2D eigenvalue weighted by atomic mass is 9.99. The van der Waals surface area contributed by atoms with Crippen molar-refractivity contribution in [1.82, 2.24) is 10.6 Å². The highest BCUT2D eigenvalue weighted by Crippen LogP contribution is 2.15. The minimum absolute atomic E-state index is 0.146. The molecule has 1 amide bonds. The molecule has 4 nitrogen and oxygen atoms in total. The van der Waals surface area contributed by atoms with Crippen molar-refractivity contribution in [3.05, 3.63) is 29.8 Å². The molecule has 1 aliphatic heterocycles. The number of aryl methyl sites for hydroxylation is 1. The van der Waals surface area contributed by atoms with Crippen molar-refractivity contribution in [2.75, 3.05) is 37.6 Å². The number of hydrogen-bond donors (Lipinski definition) is 2. The predicted molar refractivity (Wildman–Crippen MR) is 87.7 cm³/mol. The van der Waals surface area contributed by atoms with Gasteiger partial charge in [0.15, 0.2) is 0 Å². The Kier molecular flexibility index (Phi) is 6.05. The third-order valence-corrected chi connectivity index (χ3v) is 4.10. The fourth-order valence-corrected chi connectivity index (χ4v) is 2.83. The molecule has 1 fully saturated rings. The molecule has 0 bridgehead atoms. The second-order valence-corrected chi connectivity index (χ2v) is 5.75. The van der Waals surface area contributed by atoms with E-state index in [2.05, 4.69) is 53.6 Å². The second-order valence-electron chi connectivity index (χ2n) is 5.75. The fraction of sp³-hybridized carbons (Fsp3) is 0.588. The number of hydrogen-bond acceptors (Lipinski definition) is 3. The van der Waals surface area contributed by atoms with Crippen LogP contribution in [-0.4, -0.2) is 38.6 Å². The standard InChI is InChI=1S/C17H27N3O/c1-3-20(16-8-4-6-14(2)12-16)11-10-19-17(21)15-7-5-9-18-13-15/h4,6,8,12,15,18H,3,5,7,9-11,13H2,1-2H3,(H,19,21). The van der Waals surface area contributed by atoms with Gasteiger partial charge in [-0.15, -0.1) is 0 Å². The van der Waals surface area contributed by atoms with Crippen LogP contribution in [0.5, 0.6) is 0 Å². The summed E-state index contributed by atoms with van der Waals surface area (Å²) >= 11 is 0. The molecule has 21 heavy (non-hydrogen) atoms. The van der Waals surface area contributed by atoms with Crippen LogP contribution in [0.25, 0.3) is 0 Å². The summed E-state index contributed by atoms with van der Waals surface area (Å²) < 4.78 is 0. The SMILES string of the molecule is CCN(CCNC(=O)C1CCCNC1)c1cccc(C)c1. The topological polar surface area (TPSA) is 44.4 Å². The van der Waals surface area contributed by atoms with E-state index in [1.54, 1.807) is 0 Å². The number of amides is 1. The first-order chi connectivity index (χ1) is 10.2. The van der Waals surface area contributed by atoms with E-state index in [4.69, 9.17) is 0 Å². The molecule has 1 aromatic rings. The van der Waals surface area contributed by atoms with Crippen molar-refractivity contribution in [3.63, 3.8) is 0 Å². The molecular formula is C17H27N3O. The van der Waals surface area contributed by atoms with Gasteiger partial charge in [0.25, 0.3) is 0 Å². The van der Waals surface area contributed by atoms with Crippen molar-refractivity contribution < 1.29 is 4.79 Å². The van der Waals surface area contributed by atoms with Gasteiger partial charge >= 0.3 is 0 Å². The van der Waals surface area contributed by atoms with Crippen LogP contribution in [0, 0.1) is 12.8 Å². The lowest BCUT2D eigenvalue weighted by Gasteiger charge is -2.25. The number of rotatable bonds is 6. The van der Waals surface area contributed by atoms with Crippen LogP contribution in [0.2, 0.25) is 0 Å². The van der Waals surface area contributed by atoms with Crippen LogP contribution in [-0.2, 0) is 4.79 Å². The van der Waals surface area contributed by atoms with Gasteiger partial charge in [0, 0.05) is 31.9 Å². The Morgan fingerprint density at radius 2 is 2.33 bits per heavy atom. The van der Waals surface area contributed by atoms with E-state index in [0.717, 1.165) is 39.0 Å². The average Bonchev–Trinajstić information content (AvgIpc) is 2.52. The van der Waals surface area contributed by atoms with Crippen LogP contribution in [0.4, 0.5) is 5.69 Å². The Morgan fingerprint density at radius 1 is 1.48 bits per heavy atom. The van der Waals surface area contributed by atoms with Gasteiger partial charge in [0.1, 0.15) is 0 Å². The molecule has 0 aliphatic carbocycles. The maximum atomic E-state index is 12.1. The summed E-state index contributed by atoms with van der Waals surface area (Å²) in [7, 11) is 0. The van der Waals surface area contributed by atoms with Crippen molar-refractivity contribution in [3.8, 4) is 0 Å². The van der Waals surface area contributed by atoms with Crippen LogP contribution >= 0.6 is 0 Å². The molecule has 2 N–H and O–H groups in total. The van der Waals surface area contributed by atoms with Gasteiger partial charge in [0.2, 0.25) is 5.91 Å². The van der Waals surface area contributed by atoms with Crippen LogP contribution in [0.15, 0.2) is 24.3 Å². The number of benzene rings is 1. The minimum atomic E-state index is 0.146. The summed E-state index contributed by atoms with van der Waals surface area (Å²) in [5.41, 5.74) is 2.49. The van der Waals surface area contributed by atoms with Gasteiger partial charge in [-0.2, -0.15) is 0 Å². The summed E-state index contributed by atoms with van der Waals surface area (Å²) in [6, 6.07) is 8.51. The molecular weight excluding hydrogens is 262 g/mol. The largest absolute Gasteiger partial charge is 0.370 e. The molecule has 0 spiro atoms. The summed E-state index contributed by atoms with van der Waals surface area (Å²) in [6.45, 7) is 8.62. The van der Waals surface area contributed by atoms with E-state index < -0.39 is 0 Å². The lowest BCUT2D eigenvalue weighted by Crippen LogP contribution is -2.43. The minimum Gasteiger partial charge on any atom is -0.370 e. The number of nitrogens with zero attached hydrogens (tertiary/aromatic N) is 1. The van der Waals surface area contributed by atoms with E-state index in [-0.39, 0.29) is 11.8 Å². The Morgan fingerprint density at radius 3 is 3.00 bits per heavy atom. The van der Waals surface area contributed by atoms with Gasteiger partial charge in [-0.25, -0.2) is 0 Å². The molecule has 1 saturated heterocycles. The van der Waals surface area contributed by atoms with Gasteiger partial charge < -0.3 is 15.5 Å². The van der Waals surface area contributed by atoms with Crippen LogP contribution < -0.4 is 15.5 Å². The van der Waals surface area contributed by atoms with E-state index >= 15 is 0 Å². The van der Waals surface area contributed by atoms with Crippen LogP contribution in [0.3, 0.4) is 0 Å². The summed E-state index contributed by atoms with van der Waals surface area (Å²) in [5.74, 6) is 0.343. The quantitative estimate of drug-likeness (QED) is 0.841. The van der Waals surface area contributed by atoms with E-state index in [1.807, 2.05) is 0 Å². The second kappa shape index (κ2) is 8.03. The van der Waals surface area contributed by atoms with Crippen molar-refractivity contribution in [1.29, 1.82) is 0 Å². The number of nitrogens with one attached hydrogen (secondary N) is 2. The van der Waals surface area contributed by atoms with E-state index in [1.165, 1.54) is 11.3 Å². The van der Waals surface area contributed by atoms with Crippen molar-refractivity contribution in [2.45, 2.75) is 26.7 Å². The molecule has 1 aromatic carbocycles. The smallest absolute Gasteiger partial charge is 0.224 e. The highest BCUT2D eigenvalue weighted by molar-refractivity contribution is 5.79. The Labute approximate surface area is 127 Å². The van der Waals surface area contributed by atoms with Gasteiger partial charge in [-0.05, 0) is 50.9 Å². The van der Waals surface area contributed by atoms with Gasteiger partial charge in [-0.3, -0.25) is 4.79 Å². The zero-order valence-corrected chi connectivity index (χ0v) is 13.2. The Balaban J connectivity index is 1.79. The summed E-state index contributed by atoms with van der Waals surface area (Å²) in [5, 5.41) is 6.37. The fourth-order valence-electron chi connectivity index (χ4n) is 2.83. The molecule has 1 atom stereocenters. The molecule has 1 unspecified atom stereocenters. The first-order valence-electron chi connectivity index (χ1n) is 8.00. The molecule has 0 aromatic heterocycles. The lowest BCUT2D eigenvalue weighted by molar-refractivity contribution is -0.125. The number of anilines is 1. The number of carbonyl (C=O) groups is 1. The zero-order chi connectivity index (χ0) is 15.1. The monoisotopic (exact) mass is 289 g/mol. The van der Waals surface area contributed by atoms with Gasteiger partial charge in [0.05, 0.1) is 5.92 Å². The third-order valence-electron chi connectivity index (χ3n) is 4.10. The van der Waals surface area contributed by atoms with Crippen molar-refractivity contribution in [2.24, 2.45) is 5.92 Å². The summed E-state index contributed by atoms with van der Waals surface area (Å²) in [4.78, 5) is 14.4. The summed E-state index contributed by atoms with van der Waals surface area (Å²) in [6.07, 6.45) is 2.11.